The van der Waals surface area contributed by atoms with E-state index in [4.69, 9.17) is 5.11 Å². The summed E-state index contributed by atoms with van der Waals surface area (Å²) in [6.07, 6.45) is 11.8. The Morgan fingerprint density at radius 1 is 0.885 bits per heavy atom. The number of hydrogen-bond donors (Lipinski definition) is 2. The lowest BCUT2D eigenvalue weighted by atomic mass is 9.84. The molecule has 2 amide bonds. The highest BCUT2D eigenvalue weighted by molar-refractivity contribution is 5.84. The fourth-order valence-corrected chi connectivity index (χ4v) is 4.58. The molecule has 0 bridgehead atoms. The second-order valence-electron chi connectivity index (χ2n) is 8.42. The van der Waals surface area contributed by atoms with Crippen LogP contribution in [0.2, 0.25) is 0 Å². The van der Waals surface area contributed by atoms with Gasteiger partial charge in [-0.15, -0.1) is 0 Å². The molecule has 146 valence electrons. The fraction of sp³-hybridized carbons (Fsp3) is 0.850. The predicted octanol–water partition coefficient (Wildman–Crippen LogP) is 2.71. The first-order chi connectivity index (χ1) is 12.5. The van der Waals surface area contributed by atoms with Crippen LogP contribution in [0.1, 0.15) is 77.0 Å². The zero-order chi connectivity index (χ0) is 18.5. The maximum absolute atomic E-state index is 12.7. The summed E-state index contributed by atoms with van der Waals surface area (Å²) in [4.78, 5) is 37.5. The largest absolute Gasteiger partial charge is 0.480 e. The monoisotopic (exact) mass is 364 g/mol. The smallest absolute Gasteiger partial charge is 0.323 e. The quantitative estimate of drug-likeness (QED) is 0.727. The van der Waals surface area contributed by atoms with Gasteiger partial charge in [0, 0.05) is 24.4 Å². The molecule has 3 aliphatic carbocycles. The minimum absolute atomic E-state index is 0.00174. The molecule has 6 nitrogen and oxygen atoms in total. The zero-order valence-corrected chi connectivity index (χ0v) is 15.6. The Labute approximate surface area is 155 Å². The van der Waals surface area contributed by atoms with Gasteiger partial charge < -0.3 is 15.3 Å². The van der Waals surface area contributed by atoms with Gasteiger partial charge in [-0.2, -0.15) is 0 Å². The SMILES string of the molecule is O=C(O)CN(C(=O)C1CCC(NC(=O)CC2CCCCC2)CC1)C1CC1. The summed E-state index contributed by atoms with van der Waals surface area (Å²) in [6, 6.07) is 0.301. The second-order valence-corrected chi connectivity index (χ2v) is 8.42. The number of nitrogens with zero attached hydrogens (tertiary/aromatic N) is 1. The average Bonchev–Trinajstić information content (AvgIpc) is 3.45. The van der Waals surface area contributed by atoms with Crippen molar-refractivity contribution < 1.29 is 19.5 Å². The van der Waals surface area contributed by atoms with Crippen LogP contribution >= 0.6 is 0 Å². The molecule has 3 saturated carbocycles. The van der Waals surface area contributed by atoms with E-state index in [-0.39, 0.29) is 36.4 Å². The summed E-state index contributed by atoms with van der Waals surface area (Å²) in [5, 5.41) is 12.2. The van der Waals surface area contributed by atoms with E-state index in [1.807, 2.05) is 0 Å². The molecule has 0 aliphatic heterocycles. The van der Waals surface area contributed by atoms with E-state index in [1.54, 1.807) is 4.90 Å². The van der Waals surface area contributed by atoms with Gasteiger partial charge in [0.1, 0.15) is 6.54 Å². The van der Waals surface area contributed by atoms with Crippen LogP contribution in [0.15, 0.2) is 0 Å². The van der Waals surface area contributed by atoms with Gasteiger partial charge in [0.15, 0.2) is 0 Å². The van der Waals surface area contributed by atoms with Crippen molar-refractivity contribution in [3.8, 4) is 0 Å². The number of aliphatic carboxylic acids is 1. The minimum Gasteiger partial charge on any atom is -0.480 e. The third-order valence-electron chi connectivity index (χ3n) is 6.22. The number of carboxylic acid groups (broad SMARTS) is 1. The molecule has 3 fully saturated rings. The molecule has 2 N–H and O–H groups in total. The van der Waals surface area contributed by atoms with E-state index in [9.17, 15) is 14.4 Å². The van der Waals surface area contributed by atoms with Crippen LogP contribution in [-0.2, 0) is 14.4 Å². The molecule has 0 aromatic rings. The molecule has 0 atom stereocenters. The first kappa shape index (κ1) is 19.2. The highest BCUT2D eigenvalue weighted by Crippen LogP contribution is 2.32. The topological polar surface area (TPSA) is 86.7 Å². The lowest BCUT2D eigenvalue weighted by molar-refractivity contribution is -0.147. The molecule has 0 radical (unpaired) electrons. The van der Waals surface area contributed by atoms with Crippen molar-refractivity contribution >= 4 is 17.8 Å². The summed E-state index contributed by atoms with van der Waals surface area (Å²) in [5.74, 6) is -0.306. The standard InChI is InChI=1S/C20H32N2O4/c23-18(12-14-4-2-1-3-5-14)21-16-8-6-15(7-9-16)20(26)22(13-19(24)25)17-10-11-17/h14-17H,1-13H2,(H,21,23)(H,24,25). The zero-order valence-electron chi connectivity index (χ0n) is 15.6. The molecule has 0 spiro atoms. The van der Waals surface area contributed by atoms with Crippen LogP contribution in [-0.4, -0.2) is 46.4 Å². The second kappa shape index (κ2) is 8.87. The lowest BCUT2D eigenvalue weighted by Gasteiger charge is -2.32. The Hall–Kier alpha value is -1.59. The van der Waals surface area contributed by atoms with Gasteiger partial charge in [-0.25, -0.2) is 0 Å². The van der Waals surface area contributed by atoms with Gasteiger partial charge in [-0.3, -0.25) is 14.4 Å². The normalized spacial score (nSPS) is 26.9. The molecule has 0 saturated heterocycles. The van der Waals surface area contributed by atoms with Crippen molar-refractivity contribution in [2.75, 3.05) is 6.54 Å². The van der Waals surface area contributed by atoms with Crippen LogP contribution in [0.25, 0.3) is 0 Å². The van der Waals surface area contributed by atoms with Gasteiger partial charge in [-0.05, 0) is 57.3 Å². The molecule has 0 aromatic heterocycles. The molecule has 3 rings (SSSR count). The molecule has 3 aliphatic rings. The van der Waals surface area contributed by atoms with Crippen molar-refractivity contribution in [3.05, 3.63) is 0 Å². The summed E-state index contributed by atoms with van der Waals surface area (Å²) in [7, 11) is 0. The van der Waals surface area contributed by atoms with Crippen LogP contribution in [0.3, 0.4) is 0 Å². The van der Waals surface area contributed by atoms with Crippen LogP contribution in [0, 0.1) is 11.8 Å². The molecular formula is C20H32N2O4. The third-order valence-corrected chi connectivity index (χ3v) is 6.22. The molecule has 6 heteroatoms. The molecule has 0 heterocycles. The van der Waals surface area contributed by atoms with E-state index in [2.05, 4.69) is 5.32 Å². The Balaban J connectivity index is 1.41. The Morgan fingerprint density at radius 3 is 2.12 bits per heavy atom. The van der Waals surface area contributed by atoms with E-state index < -0.39 is 5.97 Å². The lowest BCUT2D eigenvalue weighted by Crippen LogP contribution is -2.44. The maximum atomic E-state index is 12.7. The molecule has 0 unspecified atom stereocenters. The summed E-state index contributed by atoms with van der Waals surface area (Å²) >= 11 is 0. The molecule has 0 aromatic carbocycles. The minimum atomic E-state index is -0.936. The van der Waals surface area contributed by atoms with Crippen molar-refractivity contribution in [1.82, 2.24) is 10.2 Å². The van der Waals surface area contributed by atoms with Crippen LogP contribution in [0.4, 0.5) is 0 Å². The number of hydrogen-bond acceptors (Lipinski definition) is 3. The van der Waals surface area contributed by atoms with Crippen LogP contribution < -0.4 is 5.32 Å². The van der Waals surface area contributed by atoms with Gasteiger partial charge in [-0.1, -0.05) is 19.3 Å². The third kappa shape index (κ3) is 5.45. The van der Waals surface area contributed by atoms with Crippen LogP contribution in [0.5, 0.6) is 0 Å². The number of rotatable bonds is 7. The molecule has 26 heavy (non-hydrogen) atoms. The van der Waals surface area contributed by atoms with Crippen molar-refractivity contribution in [2.24, 2.45) is 11.8 Å². The summed E-state index contributed by atoms with van der Waals surface area (Å²) in [5.41, 5.74) is 0. The summed E-state index contributed by atoms with van der Waals surface area (Å²) in [6.45, 7) is -0.179. The van der Waals surface area contributed by atoms with E-state index in [1.165, 1.54) is 32.1 Å². The molecular weight excluding hydrogens is 332 g/mol. The number of amides is 2. The average molecular weight is 364 g/mol. The number of carbonyl (C=O) groups excluding carboxylic acids is 2. The van der Waals surface area contributed by atoms with E-state index in [0.29, 0.717) is 12.3 Å². The Bertz CT molecular complexity index is 518. The number of carboxylic acids is 1. The maximum Gasteiger partial charge on any atom is 0.323 e. The number of carbonyl (C=O) groups is 3. The van der Waals surface area contributed by atoms with Crippen molar-refractivity contribution in [3.63, 3.8) is 0 Å². The Morgan fingerprint density at radius 2 is 1.54 bits per heavy atom. The predicted molar refractivity (Wildman–Crippen MR) is 97.5 cm³/mol. The van der Waals surface area contributed by atoms with Crippen molar-refractivity contribution in [1.29, 1.82) is 0 Å². The Kier molecular flexibility index (Phi) is 6.54. The number of nitrogens with one attached hydrogen (secondary N) is 1. The van der Waals surface area contributed by atoms with Gasteiger partial charge in [0.05, 0.1) is 0 Å². The highest BCUT2D eigenvalue weighted by Gasteiger charge is 2.38. The first-order valence-electron chi connectivity index (χ1n) is 10.3. The van der Waals surface area contributed by atoms with E-state index >= 15 is 0 Å². The van der Waals surface area contributed by atoms with Gasteiger partial charge in [0.25, 0.3) is 0 Å². The highest BCUT2D eigenvalue weighted by atomic mass is 16.4. The van der Waals surface area contributed by atoms with Crippen molar-refractivity contribution in [2.45, 2.75) is 89.1 Å². The summed E-state index contributed by atoms with van der Waals surface area (Å²) < 4.78 is 0. The van der Waals surface area contributed by atoms with E-state index in [0.717, 1.165) is 38.5 Å². The van der Waals surface area contributed by atoms with Gasteiger partial charge in [0.2, 0.25) is 11.8 Å². The fourth-order valence-electron chi connectivity index (χ4n) is 4.58. The van der Waals surface area contributed by atoms with Gasteiger partial charge >= 0.3 is 5.97 Å². The first-order valence-corrected chi connectivity index (χ1v) is 10.3.